The van der Waals surface area contributed by atoms with Crippen molar-refractivity contribution in [2.45, 2.75) is 19.9 Å². The summed E-state index contributed by atoms with van der Waals surface area (Å²) in [5, 5.41) is 6.34. The fraction of sp³-hybridized carbons (Fsp3) is 0.231. The highest BCUT2D eigenvalue weighted by Crippen LogP contribution is 2.29. The maximum absolute atomic E-state index is 6.01. The third kappa shape index (κ3) is 3.24. The molecule has 0 saturated carbocycles. The summed E-state index contributed by atoms with van der Waals surface area (Å²) in [7, 11) is 0. The van der Waals surface area contributed by atoms with Gasteiger partial charge in [-0.1, -0.05) is 17.7 Å². The first-order valence-corrected chi connectivity index (χ1v) is 7.38. The van der Waals surface area contributed by atoms with Crippen LogP contribution in [0.2, 0.25) is 5.02 Å². The van der Waals surface area contributed by atoms with Gasteiger partial charge in [0.25, 0.3) is 0 Å². The van der Waals surface area contributed by atoms with E-state index in [1.807, 2.05) is 18.2 Å². The van der Waals surface area contributed by atoms with E-state index in [0.717, 1.165) is 15.2 Å². The zero-order valence-electron chi connectivity index (χ0n) is 9.63. The summed E-state index contributed by atoms with van der Waals surface area (Å²) < 4.78 is 1.13. The number of thiophene rings is 1. The minimum atomic E-state index is 0.281. The monoisotopic (exact) mass is 329 g/mol. The predicted molar refractivity (Wildman–Crippen MR) is 80.2 cm³/mol. The number of anilines is 1. The molecule has 0 aliphatic heterocycles. The van der Waals surface area contributed by atoms with Gasteiger partial charge in [0.05, 0.1) is 6.04 Å². The van der Waals surface area contributed by atoms with Crippen molar-refractivity contribution in [2.24, 2.45) is 0 Å². The van der Waals surface area contributed by atoms with E-state index >= 15 is 0 Å². The van der Waals surface area contributed by atoms with Gasteiger partial charge in [0.15, 0.2) is 0 Å². The summed E-state index contributed by atoms with van der Waals surface area (Å²) >= 11 is 11.2. The lowest BCUT2D eigenvalue weighted by Crippen LogP contribution is -2.05. The molecule has 1 nitrogen and oxygen atoms in total. The van der Waals surface area contributed by atoms with Crippen LogP contribution in [0.5, 0.6) is 0 Å². The molecular formula is C13H13BrClNS. The summed E-state index contributed by atoms with van der Waals surface area (Å²) in [5.74, 6) is 0. The third-order valence-corrected chi connectivity index (χ3v) is 4.70. The Balaban J connectivity index is 2.18. The van der Waals surface area contributed by atoms with Crippen molar-refractivity contribution in [2.75, 3.05) is 5.32 Å². The Morgan fingerprint density at radius 3 is 2.76 bits per heavy atom. The number of halogens is 2. The molecule has 90 valence electrons. The van der Waals surface area contributed by atoms with Crippen molar-refractivity contribution in [3.63, 3.8) is 0 Å². The second kappa shape index (κ2) is 5.42. The van der Waals surface area contributed by atoms with Gasteiger partial charge >= 0.3 is 0 Å². The second-order valence-electron chi connectivity index (χ2n) is 3.99. The highest BCUT2D eigenvalue weighted by atomic mass is 79.9. The van der Waals surface area contributed by atoms with E-state index in [1.165, 1.54) is 10.4 Å². The molecule has 1 atom stereocenters. The Bertz CT molecular complexity index is 524. The number of rotatable bonds is 3. The van der Waals surface area contributed by atoms with Gasteiger partial charge in [0.2, 0.25) is 0 Å². The molecule has 0 spiro atoms. The molecular weight excluding hydrogens is 318 g/mol. The van der Waals surface area contributed by atoms with Crippen LogP contribution in [-0.4, -0.2) is 0 Å². The van der Waals surface area contributed by atoms with E-state index in [0.29, 0.717) is 0 Å². The quantitative estimate of drug-likeness (QED) is 0.767. The van der Waals surface area contributed by atoms with Crippen molar-refractivity contribution in [1.82, 2.24) is 0 Å². The second-order valence-corrected chi connectivity index (χ2v) is 6.29. The predicted octanol–water partition coefficient (Wildman–Crippen LogP) is 5.65. The first-order chi connectivity index (χ1) is 8.06. The largest absolute Gasteiger partial charge is 0.377 e. The Kier molecular flexibility index (Phi) is 4.13. The summed E-state index contributed by atoms with van der Waals surface area (Å²) in [4.78, 5) is 1.30. The third-order valence-electron chi connectivity index (χ3n) is 2.59. The first-order valence-electron chi connectivity index (χ1n) is 5.33. The molecule has 1 unspecified atom stereocenters. The first kappa shape index (κ1) is 12.9. The topological polar surface area (TPSA) is 12.0 Å². The molecule has 1 heterocycles. The minimum absolute atomic E-state index is 0.281. The van der Waals surface area contributed by atoms with E-state index < -0.39 is 0 Å². The van der Waals surface area contributed by atoms with Crippen LogP contribution in [0, 0.1) is 6.92 Å². The van der Waals surface area contributed by atoms with Gasteiger partial charge in [-0.3, -0.25) is 0 Å². The lowest BCUT2D eigenvalue weighted by molar-refractivity contribution is 0.905. The smallest absolute Gasteiger partial charge is 0.0578 e. The number of benzene rings is 1. The Morgan fingerprint density at radius 1 is 1.35 bits per heavy atom. The van der Waals surface area contributed by atoms with Crippen LogP contribution < -0.4 is 5.32 Å². The summed E-state index contributed by atoms with van der Waals surface area (Å²) in [6.45, 7) is 4.23. The SMILES string of the molecule is Cc1ccc(Cl)cc1NC(C)c1cc(Br)cs1. The lowest BCUT2D eigenvalue weighted by Gasteiger charge is -2.16. The summed E-state index contributed by atoms with van der Waals surface area (Å²) in [5.41, 5.74) is 2.30. The normalized spacial score (nSPS) is 12.5. The van der Waals surface area contributed by atoms with Gasteiger partial charge in [0, 0.05) is 25.4 Å². The van der Waals surface area contributed by atoms with Gasteiger partial charge in [-0.15, -0.1) is 11.3 Å². The van der Waals surface area contributed by atoms with Gasteiger partial charge in [-0.05, 0) is 53.5 Å². The summed E-state index contributed by atoms with van der Waals surface area (Å²) in [6.07, 6.45) is 0. The van der Waals surface area contributed by atoms with Gasteiger partial charge in [0.1, 0.15) is 0 Å². The number of nitrogens with one attached hydrogen (secondary N) is 1. The lowest BCUT2D eigenvalue weighted by atomic mass is 10.1. The molecule has 1 aromatic carbocycles. The zero-order chi connectivity index (χ0) is 12.4. The molecule has 1 aromatic heterocycles. The molecule has 17 heavy (non-hydrogen) atoms. The van der Waals surface area contributed by atoms with E-state index in [4.69, 9.17) is 11.6 Å². The molecule has 2 rings (SSSR count). The van der Waals surface area contributed by atoms with Gasteiger partial charge in [-0.25, -0.2) is 0 Å². The van der Waals surface area contributed by atoms with E-state index in [9.17, 15) is 0 Å². The highest BCUT2D eigenvalue weighted by molar-refractivity contribution is 9.10. The number of hydrogen-bond acceptors (Lipinski definition) is 2. The van der Waals surface area contributed by atoms with Crippen LogP contribution in [0.4, 0.5) is 5.69 Å². The van der Waals surface area contributed by atoms with Crippen LogP contribution in [-0.2, 0) is 0 Å². The van der Waals surface area contributed by atoms with Crippen molar-refractivity contribution >= 4 is 44.6 Å². The maximum atomic E-state index is 6.01. The zero-order valence-corrected chi connectivity index (χ0v) is 12.8. The minimum Gasteiger partial charge on any atom is -0.377 e. The van der Waals surface area contributed by atoms with Gasteiger partial charge < -0.3 is 5.32 Å². The van der Waals surface area contributed by atoms with E-state index in [1.54, 1.807) is 11.3 Å². The molecule has 0 fully saturated rings. The molecule has 0 saturated heterocycles. The fourth-order valence-corrected chi connectivity index (χ4v) is 3.23. The van der Waals surface area contributed by atoms with Crippen LogP contribution in [0.25, 0.3) is 0 Å². The number of aryl methyl sites for hydroxylation is 1. The van der Waals surface area contributed by atoms with Crippen LogP contribution in [0.15, 0.2) is 34.1 Å². The number of hydrogen-bond donors (Lipinski definition) is 1. The van der Waals surface area contributed by atoms with Gasteiger partial charge in [-0.2, -0.15) is 0 Å². The Morgan fingerprint density at radius 2 is 2.12 bits per heavy atom. The van der Waals surface area contributed by atoms with E-state index in [-0.39, 0.29) is 6.04 Å². The van der Waals surface area contributed by atoms with Crippen molar-refractivity contribution in [1.29, 1.82) is 0 Å². The highest BCUT2D eigenvalue weighted by Gasteiger charge is 2.09. The van der Waals surface area contributed by atoms with Crippen LogP contribution in [0.1, 0.15) is 23.4 Å². The Hall–Kier alpha value is -0.510. The molecule has 0 aliphatic rings. The summed E-state index contributed by atoms with van der Waals surface area (Å²) in [6, 6.07) is 8.33. The molecule has 4 heteroatoms. The molecule has 1 N–H and O–H groups in total. The molecule has 2 aromatic rings. The molecule has 0 radical (unpaired) electrons. The standard InChI is InChI=1S/C13H13BrClNS/c1-8-3-4-11(15)6-12(8)16-9(2)13-5-10(14)7-17-13/h3-7,9,16H,1-2H3. The maximum Gasteiger partial charge on any atom is 0.0578 e. The van der Waals surface area contributed by atoms with E-state index in [2.05, 4.69) is 46.5 Å². The van der Waals surface area contributed by atoms with Crippen molar-refractivity contribution in [3.05, 3.63) is 49.6 Å². The average Bonchev–Trinajstić information content (AvgIpc) is 2.70. The Labute approximate surface area is 119 Å². The van der Waals surface area contributed by atoms with Crippen LogP contribution in [0.3, 0.4) is 0 Å². The van der Waals surface area contributed by atoms with Crippen LogP contribution >= 0.6 is 38.9 Å². The average molecular weight is 331 g/mol. The van der Waals surface area contributed by atoms with Crippen molar-refractivity contribution < 1.29 is 0 Å². The fourth-order valence-electron chi connectivity index (χ4n) is 1.61. The molecule has 0 amide bonds. The molecule has 0 aliphatic carbocycles. The van der Waals surface area contributed by atoms with Crippen molar-refractivity contribution in [3.8, 4) is 0 Å². The molecule has 0 bridgehead atoms.